The van der Waals surface area contributed by atoms with Gasteiger partial charge in [0.15, 0.2) is 0 Å². The van der Waals surface area contributed by atoms with E-state index in [0.29, 0.717) is 0 Å². The molecule has 1 aromatic carbocycles. The minimum absolute atomic E-state index is 0.189. The molecule has 0 aliphatic heterocycles. The average molecular weight is 271 g/mol. The first-order valence-electron chi connectivity index (χ1n) is 7.61. The second-order valence-electron chi connectivity index (χ2n) is 5.47. The van der Waals surface area contributed by atoms with Crippen LogP contribution in [0.25, 0.3) is 0 Å². The van der Waals surface area contributed by atoms with Gasteiger partial charge in [0.05, 0.1) is 6.04 Å². The van der Waals surface area contributed by atoms with Gasteiger partial charge in [0.25, 0.3) is 0 Å². The third-order valence-corrected chi connectivity index (χ3v) is 3.59. The molecule has 0 saturated heterocycles. The van der Waals surface area contributed by atoms with Crippen molar-refractivity contribution in [3.63, 3.8) is 0 Å². The lowest BCUT2D eigenvalue weighted by molar-refractivity contribution is 0.467. The molecular formula is C18H25NO. The number of hydrogen-bond donors (Lipinski definition) is 1. The second-order valence-corrected chi connectivity index (χ2v) is 5.47. The van der Waals surface area contributed by atoms with Gasteiger partial charge in [-0.1, -0.05) is 31.9 Å². The molecule has 1 atom stereocenters. The van der Waals surface area contributed by atoms with Crippen molar-refractivity contribution >= 4 is 5.69 Å². The van der Waals surface area contributed by atoms with E-state index in [1.54, 1.807) is 0 Å². The third kappa shape index (κ3) is 4.16. The molecule has 108 valence electrons. The molecule has 20 heavy (non-hydrogen) atoms. The Labute approximate surface area is 122 Å². The fourth-order valence-electron chi connectivity index (χ4n) is 2.35. The van der Waals surface area contributed by atoms with Crippen LogP contribution in [0.3, 0.4) is 0 Å². The summed E-state index contributed by atoms with van der Waals surface area (Å²) in [5.74, 6) is 1.94. The monoisotopic (exact) mass is 271 g/mol. The SMILES string of the molecule is CCCCCc1ccc(NC(C)c2ccc(C)o2)cc1. The fourth-order valence-corrected chi connectivity index (χ4v) is 2.35. The van der Waals surface area contributed by atoms with E-state index in [9.17, 15) is 0 Å². The van der Waals surface area contributed by atoms with Crippen molar-refractivity contribution in [3.05, 3.63) is 53.5 Å². The highest BCUT2D eigenvalue weighted by Gasteiger charge is 2.08. The van der Waals surface area contributed by atoms with Gasteiger partial charge in [0, 0.05) is 5.69 Å². The van der Waals surface area contributed by atoms with Crippen LogP contribution in [-0.4, -0.2) is 0 Å². The first kappa shape index (κ1) is 14.7. The Bertz CT molecular complexity index is 512. The van der Waals surface area contributed by atoms with Crippen molar-refractivity contribution in [2.24, 2.45) is 0 Å². The highest BCUT2D eigenvalue weighted by molar-refractivity contribution is 5.46. The van der Waals surface area contributed by atoms with Crippen LogP contribution in [0.2, 0.25) is 0 Å². The van der Waals surface area contributed by atoms with Gasteiger partial charge in [0.2, 0.25) is 0 Å². The Morgan fingerprint density at radius 2 is 1.80 bits per heavy atom. The van der Waals surface area contributed by atoms with Gasteiger partial charge in [-0.25, -0.2) is 0 Å². The molecule has 0 spiro atoms. The molecular weight excluding hydrogens is 246 g/mol. The van der Waals surface area contributed by atoms with E-state index in [4.69, 9.17) is 4.42 Å². The Morgan fingerprint density at radius 1 is 1.05 bits per heavy atom. The number of benzene rings is 1. The van der Waals surface area contributed by atoms with Crippen LogP contribution in [0.4, 0.5) is 5.69 Å². The number of rotatable bonds is 7. The van der Waals surface area contributed by atoms with Crippen LogP contribution in [0, 0.1) is 6.92 Å². The van der Waals surface area contributed by atoms with Gasteiger partial charge in [-0.3, -0.25) is 0 Å². The van der Waals surface area contributed by atoms with E-state index in [1.165, 1.54) is 31.2 Å². The van der Waals surface area contributed by atoms with Crippen LogP contribution in [0.5, 0.6) is 0 Å². The summed E-state index contributed by atoms with van der Waals surface area (Å²) in [6.45, 7) is 6.33. The van der Waals surface area contributed by atoms with E-state index in [0.717, 1.165) is 17.2 Å². The Kier molecular flexibility index (Phi) is 5.28. The van der Waals surface area contributed by atoms with Gasteiger partial charge in [0.1, 0.15) is 11.5 Å². The quantitative estimate of drug-likeness (QED) is 0.673. The third-order valence-electron chi connectivity index (χ3n) is 3.59. The number of nitrogens with one attached hydrogen (secondary N) is 1. The maximum absolute atomic E-state index is 5.64. The minimum atomic E-state index is 0.189. The van der Waals surface area contributed by atoms with Crippen molar-refractivity contribution in [2.75, 3.05) is 5.32 Å². The van der Waals surface area contributed by atoms with Crippen LogP contribution < -0.4 is 5.32 Å². The normalized spacial score (nSPS) is 12.3. The molecule has 2 aromatic rings. The number of aryl methyl sites for hydroxylation is 2. The summed E-state index contributed by atoms with van der Waals surface area (Å²) < 4.78 is 5.64. The molecule has 0 saturated carbocycles. The van der Waals surface area contributed by atoms with Gasteiger partial charge in [-0.05, 0) is 56.5 Å². The molecule has 2 rings (SSSR count). The summed E-state index contributed by atoms with van der Waals surface area (Å²) in [6, 6.07) is 13.0. The summed E-state index contributed by atoms with van der Waals surface area (Å²) in [7, 11) is 0. The zero-order valence-corrected chi connectivity index (χ0v) is 12.8. The number of hydrogen-bond acceptors (Lipinski definition) is 2. The molecule has 1 aromatic heterocycles. The molecule has 0 aliphatic rings. The molecule has 2 nitrogen and oxygen atoms in total. The summed E-state index contributed by atoms with van der Waals surface area (Å²) in [5.41, 5.74) is 2.57. The second kappa shape index (κ2) is 7.18. The number of unbranched alkanes of at least 4 members (excludes halogenated alkanes) is 2. The standard InChI is InChI=1S/C18H25NO/c1-4-5-6-7-16-9-11-17(12-10-16)19-15(3)18-13-8-14(2)20-18/h8-13,15,19H,4-7H2,1-3H3. The van der Waals surface area contributed by atoms with E-state index >= 15 is 0 Å². The van der Waals surface area contributed by atoms with Crippen molar-refractivity contribution in [3.8, 4) is 0 Å². The summed E-state index contributed by atoms with van der Waals surface area (Å²) in [5, 5.41) is 3.47. The molecule has 0 fully saturated rings. The molecule has 1 unspecified atom stereocenters. The lowest BCUT2D eigenvalue weighted by atomic mass is 10.1. The lowest BCUT2D eigenvalue weighted by Gasteiger charge is -2.13. The molecule has 0 bridgehead atoms. The predicted octanol–water partition coefficient (Wildman–Crippen LogP) is 5.49. The van der Waals surface area contributed by atoms with Crippen molar-refractivity contribution in [1.29, 1.82) is 0 Å². The van der Waals surface area contributed by atoms with Crippen molar-refractivity contribution in [2.45, 2.75) is 52.5 Å². The Hall–Kier alpha value is -1.70. The van der Waals surface area contributed by atoms with E-state index in [2.05, 4.69) is 43.4 Å². The van der Waals surface area contributed by atoms with Crippen LogP contribution in [0.1, 0.15) is 56.2 Å². The van der Waals surface area contributed by atoms with Gasteiger partial charge >= 0.3 is 0 Å². The average Bonchev–Trinajstić information content (AvgIpc) is 2.88. The van der Waals surface area contributed by atoms with E-state index < -0.39 is 0 Å². The van der Waals surface area contributed by atoms with Gasteiger partial charge in [-0.15, -0.1) is 0 Å². The molecule has 1 N–H and O–H groups in total. The summed E-state index contributed by atoms with van der Waals surface area (Å²) in [6.07, 6.45) is 5.06. The smallest absolute Gasteiger partial charge is 0.126 e. The molecule has 0 amide bonds. The highest BCUT2D eigenvalue weighted by Crippen LogP contribution is 2.21. The topological polar surface area (TPSA) is 25.2 Å². The van der Waals surface area contributed by atoms with E-state index in [1.807, 2.05) is 19.1 Å². The number of anilines is 1. The molecule has 0 radical (unpaired) electrons. The first-order valence-corrected chi connectivity index (χ1v) is 7.61. The van der Waals surface area contributed by atoms with Gasteiger partial charge < -0.3 is 9.73 Å². The highest BCUT2D eigenvalue weighted by atomic mass is 16.3. The zero-order valence-electron chi connectivity index (χ0n) is 12.8. The fraction of sp³-hybridized carbons (Fsp3) is 0.444. The Morgan fingerprint density at radius 3 is 2.40 bits per heavy atom. The summed E-state index contributed by atoms with van der Waals surface area (Å²) in [4.78, 5) is 0. The summed E-state index contributed by atoms with van der Waals surface area (Å²) >= 11 is 0. The molecule has 1 heterocycles. The van der Waals surface area contributed by atoms with Gasteiger partial charge in [-0.2, -0.15) is 0 Å². The van der Waals surface area contributed by atoms with Crippen molar-refractivity contribution < 1.29 is 4.42 Å². The maximum Gasteiger partial charge on any atom is 0.126 e. The minimum Gasteiger partial charge on any atom is -0.464 e. The van der Waals surface area contributed by atoms with Crippen LogP contribution in [-0.2, 0) is 6.42 Å². The number of furan rings is 1. The zero-order chi connectivity index (χ0) is 14.4. The predicted molar refractivity (Wildman–Crippen MR) is 85.2 cm³/mol. The first-order chi connectivity index (χ1) is 9.69. The largest absolute Gasteiger partial charge is 0.464 e. The maximum atomic E-state index is 5.64. The molecule has 2 heteroatoms. The molecule has 0 aliphatic carbocycles. The van der Waals surface area contributed by atoms with Crippen LogP contribution >= 0.6 is 0 Å². The van der Waals surface area contributed by atoms with Crippen molar-refractivity contribution in [1.82, 2.24) is 0 Å². The van der Waals surface area contributed by atoms with Crippen LogP contribution in [0.15, 0.2) is 40.8 Å². The lowest BCUT2D eigenvalue weighted by Crippen LogP contribution is -2.05. The van der Waals surface area contributed by atoms with E-state index in [-0.39, 0.29) is 6.04 Å². The Balaban J connectivity index is 1.90.